The zero-order valence-electron chi connectivity index (χ0n) is 12.6. The Kier molecular flexibility index (Phi) is 4.36. The fourth-order valence-electron chi connectivity index (χ4n) is 2.81. The number of amides is 1. The van der Waals surface area contributed by atoms with Gasteiger partial charge in [-0.15, -0.1) is 5.10 Å². The van der Waals surface area contributed by atoms with E-state index >= 15 is 0 Å². The van der Waals surface area contributed by atoms with Crippen molar-refractivity contribution < 1.29 is 13.6 Å². The van der Waals surface area contributed by atoms with E-state index in [0.29, 0.717) is 19.4 Å². The first-order valence-electron chi connectivity index (χ1n) is 7.64. The Morgan fingerprint density at radius 2 is 2.13 bits per heavy atom. The molecular formula is C16H18F2N4O. The highest BCUT2D eigenvalue weighted by Crippen LogP contribution is 2.36. The van der Waals surface area contributed by atoms with E-state index in [4.69, 9.17) is 0 Å². The molecule has 0 saturated heterocycles. The molecule has 1 heterocycles. The van der Waals surface area contributed by atoms with Gasteiger partial charge in [0.2, 0.25) is 17.8 Å². The summed E-state index contributed by atoms with van der Waals surface area (Å²) in [5.74, 6) is -3.71. The minimum atomic E-state index is -2.75. The second kappa shape index (κ2) is 6.44. The van der Waals surface area contributed by atoms with Crippen LogP contribution in [0.4, 0.5) is 14.7 Å². The Balaban J connectivity index is 1.59. The van der Waals surface area contributed by atoms with Gasteiger partial charge in [0.15, 0.2) is 0 Å². The zero-order valence-corrected chi connectivity index (χ0v) is 12.6. The molecule has 7 heteroatoms. The molecule has 1 saturated carbocycles. The second-order valence-electron chi connectivity index (χ2n) is 5.89. The summed E-state index contributed by atoms with van der Waals surface area (Å²) in [5, 5.41) is 6.70. The van der Waals surface area contributed by atoms with Crippen molar-refractivity contribution in [2.45, 2.75) is 38.2 Å². The lowest BCUT2D eigenvalue weighted by Crippen LogP contribution is -2.33. The number of aromatic nitrogens is 3. The third-order valence-corrected chi connectivity index (χ3v) is 3.97. The number of rotatable bonds is 4. The Bertz CT molecular complexity index is 672. The number of nitrogens with one attached hydrogen (secondary N) is 1. The Hall–Kier alpha value is -2.31. The van der Waals surface area contributed by atoms with Crippen molar-refractivity contribution in [3.8, 4) is 0 Å². The highest BCUT2D eigenvalue weighted by atomic mass is 19.3. The van der Waals surface area contributed by atoms with Crippen LogP contribution in [0, 0.1) is 5.92 Å². The molecule has 1 amide bonds. The Morgan fingerprint density at radius 1 is 1.35 bits per heavy atom. The van der Waals surface area contributed by atoms with Crippen molar-refractivity contribution in [1.82, 2.24) is 14.8 Å². The topological polar surface area (TPSA) is 59.8 Å². The number of alkyl halides is 2. The van der Waals surface area contributed by atoms with Crippen LogP contribution in [-0.2, 0) is 11.3 Å². The number of nitrogens with zero attached hydrogens (tertiary/aromatic N) is 3. The normalized spacial score (nSPS) is 20.2. The number of carbonyl (C=O) groups excluding carboxylic acids is 1. The maximum Gasteiger partial charge on any atom is 0.248 e. The molecule has 0 bridgehead atoms. The maximum absolute atomic E-state index is 13.4. The summed E-state index contributed by atoms with van der Waals surface area (Å²) in [5.41, 5.74) is 1.06. The molecule has 3 rings (SSSR count). The predicted octanol–water partition coefficient (Wildman–Crippen LogP) is 3.09. The molecule has 1 aliphatic carbocycles. The molecule has 1 N–H and O–H groups in total. The van der Waals surface area contributed by atoms with Crippen LogP contribution in [-0.4, -0.2) is 26.6 Å². The lowest BCUT2D eigenvalue weighted by atomic mass is 9.86. The molecule has 5 nitrogen and oxygen atoms in total. The van der Waals surface area contributed by atoms with E-state index in [1.807, 2.05) is 30.3 Å². The van der Waals surface area contributed by atoms with Crippen molar-refractivity contribution in [3.63, 3.8) is 0 Å². The largest absolute Gasteiger partial charge is 0.293 e. The third-order valence-electron chi connectivity index (χ3n) is 3.97. The molecule has 0 spiro atoms. The van der Waals surface area contributed by atoms with E-state index in [1.165, 1.54) is 6.33 Å². The van der Waals surface area contributed by atoms with Crippen LogP contribution in [0.3, 0.4) is 0 Å². The molecule has 1 atom stereocenters. The number of hydrogen-bond donors (Lipinski definition) is 1. The average molecular weight is 320 g/mol. The second-order valence-corrected chi connectivity index (χ2v) is 5.89. The van der Waals surface area contributed by atoms with Crippen molar-refractivity contribution >= 4 is 11.9 Å². The number of halogens is 2. The molecule has 1 aromatic carbocycles. The molecule has 1 aliphatic rings. The quantitative estimate of drug-likeness (QED) is 0.942. The van der Waals surface area contributed by atoms with E-state index in [-0.39, 0.29) is 12.4 Å². The predicted molar refractivity (Wildman–Crippen MR) is 81.1 cm³/mol. The van der Waals surface area contributed by atoms with Gasteiger partial charge >= 0.3 is 0 Å². The first-order valence-corrected chi connectivity index (χ1v) is 7.64. The summed E-state index contributed by atoms with van der Waals surface area (Å²) in [6.07, 6.45) is 1.81. The van der Waals surface area contributed by atoms with Gasteiger partial charge in [-0.25, -0.2) is 18.4 Å². The van der Waals surface area contributed by atoms with Gasteiger partial charge < -0.3 is 0 Å². The molecule has 23 heavy (non-hydrogen) atoms. The summed E-state index contributed by atoms with van der Waals surface area (Å²) in [7, 11) is 0. The van der Waals surface area contributed by atoms with E-state index < -0.39 is 24.2 Å². The summed E-state index contributed by atoms with van der Waals surface area (Å²) in [6, 6.07) is 9.71. The van der Waals surface area contributed by atoms with Gasteiger partial charge in [-0.3, -0.25) is 10.1 Å². The van der Waals surface area contributed by atoms with Crippen LogP contribution in [0.1, 0.15) is 31.2 Å². The van der Waals surface area contributed by atoms with Crippen LogP contribution in [0.15, 0.2) is 36.7 Å². The van der Waals surface area contributed by atoms with Crippen molar-refractivity contribution in [2.24, 2.45) is 5.92 Å². The van der Waals surface area contributed by atoms with Crippen molar-refractivity contribution in [1.29, 1.82) is 0 Å². The van der Waals surface area contributed by atoms with E-state index in [2.05, 4.69) is 15.4 Å². The molecule has 1 aromatic heterocycles. The van der Waals surface area contributed by atoms with Crippen molar-refractivity contribution in [2.75, 3.05) is 5.32 Å². The lowest BCUT2D eigenvalue weighted by Gasteiger charge is -2.27. The van der Waals surface area contributed by atoms with Crippen molar-refractivity contribution in [3.05, 3.63) is 42.2 Å². The van der Waals surface area contributed by atoms with Crippen LogP contribution < -0.4 is 5.32 Å². The highest BCUT2D eigenvalue weighted by Gasteiger charge is 2.39. The summed E-state index contributed by atoms with van der Waals surface area (Å²) in [6.45, 7) is 0.533. The third kappa shape index (κ3) is 4.12. The van der Waals surface area contributed by atoms with E-state index in [1.54, 1.807) is 4.68 Å². The monoisotopic (exact) mass is 320 g/mol. The van der Waals surface area contributed by atoms with Gasteiger partial charge in [0, 0.05) is 18.8 Å². The molecule has 0 aliphatic heterocycles. The molecule has 2 aromatic rings. The summed E-state index contributed by atoms with van der Waals surface area (Å²) < 4.78 is 28.4. The van der Waals surface area contributed by atoms with Crippen LogP contribution in [0.2, 0.25) is 0 Å². The number of hydrogen-bond acceptors (Lipinski definition) is 3. The minimum absolute atomic E-state index is 0.138. The van der Waals surface area contributed by atoms with Gasteiger partial charge in [-0.05, 0) is 18.4 Å². The SMILES string of the molecule is O=C(Nc1ncn(Cc2ccccc2)n1)C1CCCC(F)(F)C1. The van der Waals surface area contributed by atoms with Crippen LogP contribution in [0.5, 0.6) is 0 Å². The Morgan fingerprint density at radius 3 is 2.87 bits per heavy atom. The minimum Gasteiger partial charge on any atom is -0.293 e. The highest BCUT2D eigenvalue weighted by molar-refractivity contribution is 5.90. The Labute approximate surface area is 132 Å². The molecule has 1 fully saturated rings. The van der Waals surface area contributed by atoms with Gasteiger partial charge in [-0.1, -0.05) is 30.3 Å². The number of anilines is 1. The summed E-state index contributed by atoms with van der Waals surface area (Å²) >= 11 is 0. The zero-order chi connectivity index (χ0) is 16.3. The van der Waals surface area contributed by atoms with Gasteiger partial charge in [0.25, 0.3) is 0 Å². The van der Waals surface area contributed by atoms with Gasteiger partial charge in [0.1, 0.15) is 6.33 Å². The average Bonchev–Trinajstić information content (AvgIpc) is 2.94. The fourth-order valence-corrected chi connectivity index (χ4v) is 2.81. The first kappa shape index (κ1) is 15.6. The first-order chi connectivity index (χ1) is 11.0. The number of benzene rings is 1. The lowest BCUT2D eigenvalue weighted by molar-refractivity contribution is -0.127. The standard InChI is InChI=1S/C16H18F2N4O/c17-16(18)8-4-7-13(9-16)14(23)20-15-19-11-22(21-15)10-12-5-2-1-3-6-12/h1-3,5-6,11,13H,4,7-10H2,(H,20,21,23). The molecular weight excluding hydrogens is 302 g/mol. The number of carbonyl (C=O) groups is 1. The fraction of sp³-hybridized carbons (Fsp3) is 0.438. The summed E-state index contributed by atoms with van der Waals surface area (Å²) in [4.78, 5) is 16.1. The molecule has 0 radical (unpaired) electrons. The maximum atomic E-state index is 13.4. The van der Waals surface area contributed by atoms with Gasteiger partial charge in [0.05, 0.1) is 6.54 Å². The van der Waals surface area contributed by atoms with E-state index in [0.717, 1.165) is 5.56 Å². The van der Waals surface area contributed by atoms with Crippen LogP contribution >= 0.6 is 0 Å². The molecule has 122 valence electrons. The van der Waals surface area contributed by atoms with Crippen LogP contribution in [0.25, 0.3) is 0 Å². The molecule has 1 unspecified atom stereocenters. The van der Waals surface area contributed by atoms with Gasteiger partial charge in [-0.2, -0.15) is 0 Å². The van der Waals surface area contributed by atoms with E-state index in [9.17, 15) is 13.6 Å². The smallest absolute Gasteiger partial charge is 0.248 e.